The molecule has 0 spiro atoms. The quantitative estimate of drug-likeness (QED) is 0.811. The molecule has 6 nitrogen and oxygen atoms in total. The summed E-state index contributed by atoms with van der Waals surface area (Å²) in [7, 11) is 0. The number of carboxylic acids is 1. The van der Waals surface area contributed by atoms with E-state index in [1.54, 1.807) is 0 Å². The normalized spacial score (nSPS) is 26.4. The molecule has 0 aliphatic carbocycles. The van der Waals surface area contributed by atoms with E-state index < -0.39 is 5.97 Å². The van der Waals surface area contributed by atoms with Gasteiger partial charge >= 0.3 is 12.0 Å². The molecule has 0 saturated carbocycles. The maximum absolute atomic E-state index is 12.3. The molecular formula is C14H25N3O3. The molecule has 0 aromatic rings. The maximum atomic E-state index is 12.3. The number of aliphatic carboxylic acids is 1. The number of carbonyl (C=O) groups excluding carboxylic acids is 1. The highest BCUT2D eigenvalue weighted by Gasteiger charge is 2.37. The lowest BCUT2D eigenvalue weighted by atomic mass is 9.99. The average molecular weight is 283 g/mol. The van der Waals surface area contributed by atoms with Crippen LogP contribution in [0.5, 0.6) is 0 Å². The van der Waals surface area contributed by atoms with Gasteiger partial charge in [0.15, 0.2) is 0 Å². The lowest BCUT2D eigenvalue weighted by molar-refractivity contribution is -0.138. The van der Waals surface area contributed by atoms with Gasteiger partial charge < -0.3 is 15.3 Å². The highest BCUT2D eigenvalue weighted by atomic mass is 16.4. The number of urea groups is 1. The van der Waals surface area contributed by atoms with Crippen molar-refractivity contribution < 1.29 is 14.7 Å². The molecule has 2 heterocycles. The summed E-state index contributed by atoms with van der Waals surface area (Å²) in [6, 6.07) is 0.235. The summed E-state index contributed by atoms with van der Waals surface area (Å²) in [5.74, 6) is -0.973. The largest absolute Gasteiger partial charge is 0.480 e. The number of hydrogen-bond acceptors (Lipinski definition) is 3. The van der Waals surface area contributed by atoms with Crippen LogP contribution in [0.4, 0.5) is 4.79 Å². The Kier molecular flexibility index (Phi) is 4.86. The minimum absolute atomic E-state index is 0.116. The van der Waals surface area contributed by atoms with E-state index in [-0.39, 0.29) is 24.7 Å². The summed E-state index contributed by atoms with van der Waals surface area (Å²) in [6.45, 7) is 5.59. The Labute approximate surface area is 120 Å². The molecule has 0 aromatic carbocycles. The second kappa shape index (κ2) is 6.43. The molecule has 2 fully saturated rings. The molecule has 114 valence electrons. The van der Waals surface area contributed by atoms with E-state index >= 15 is 0 Å². The molecule has 2 N–H and O–H groups in total. The fourth-order valence-electron chi connectivity index (χ4n) is 3.29. The van der Waals surface area contributed by atoms with E-state index in [2.05, 4.69) is 10.2 Å². The molecule has 2 aliphatic rings. The summed E-state index contributed by atoms with van der Waals surface area (Å²) in [4.78, 5) is 27.0. The number of fused-ring (bicyclic) bond motifs is 1. The van der Waals surface area contributed by atoms with Gasteiger partial charge in [0.25, 0.3) is 0 Å². The molecule has 0 radical (unpaired) electrons. The zero-order valence-electron chi connectivity index (χ0n) is 12.3. The van der Waals surface area contributed by atoms with Crippen molar-refractivity contribution in [3.05, 3.63) is 0 Å². The van der Waals surface area contributed by atoms with Crippen molar-refractivity contribution in [3.63, 3.8) is 0 Å². The van der Waals surface area contributed by atoms with Crippen molar-refractivity contribution in [2.75, 3.05) is 19.6 Å². The lowest BCUT2D eigenvalue weighted by Gasteiger charge is -2.34. The number of carbonyl (C=O) groups is 2. The van der Waals surface area contributed by atoms with Gasteiger partial charge in [-0.15, -0.1) is 0 Å². The van der Waals surface area contributed by atoms with Gasteiger partial charge in [-0.05, 0) is 39.7 Å². The molecule has 0 bridgehead atoms. The van der Waals surface area contributed by atoms with Crippen LogP contribution < -0.4 is 5.32 Å². The standard InChI is InChI=1S/C14H25N3O3/c1-10(2)17(9-13(18)19)14(20)15-11-6-8-16-7-4-3-5-12(11)16/h10-12H,3-9H2,1-2H3,(H,15,20)(H,18,19). The van der Waals surface area contributed by atoms with Crippen LogP contribution in [-0.4, -0.2) is 64.7 Å². The Hall–Kier alpha value is -1.30. The smallest absolute Gasteiger partial charge is 0.323 e. The summed E-state index contributed by atoms with van der Waals surface area (Å²) >= 11 is 0. The second-order valence-electron chi connectivity index (χ2n) is 6.06. The number of piperidine rings is 1. The molecule has 0 aromatic heterocycles. The molecule has 2 unspecified atom stereocenters. The average Bonchev–Trinajstić information content (AvgIpc) is 2.79. The first-order valence-corrected chi connectivity index (χ1v) is 7.52. The van der Waals surface area contributed by atoms with Gasteiger partial charge in [0, 0.05) is 24.7 Å². The summed E-state index contributed by atoms with van der Waals surface area (Å²) in [5.41, 5.74) is 0. The molecular weight excluding hydrogens is 258 g/mol. The van der Waals surface area contributed by atoms with E-state index in [0.29, 0.717) is 6.04 Å². The summed E-state index contributed by atoms with van der Waals surface area (Å²) in [5, 5.41) is 11.9. The van der Waals surface area contributed by atoms with E-state index in [1.165, 1.54) is 17.7 Å². The first-order chi connectivity index (χ1) is 9.49. The number of nitrogens with zero attached hydrogens (tertiary/aromatic N) is 2. The third kappa shape index (κ3) is 3.42. The Bertz CT molecular complexity index is 373. The minimum atomic E-state index is -0.973. The van der Waals surface area contributed by atoms with E-state index in [9.17, 15) is 9.59 Å². The fourth-order valence-corrected chi connectivity index (χ4v) is 3.29. The molecule has 2 saturated heterocycles. The fraction of sp³-hybridized carbons (Fsp3) is 0.857. The van der Waals surface area contributed by atoms with Crippen molar-refractivity contribution in [1.82, 2.24) is 15.1 Å². The van der Waals surface area contributed by atoms with Crippen molar-refractivity contribution in [2.24, 2.45) is 0 Å². The van der Waals surface area contributed by atoms with E-state index in [1.807, 2.05) is 13.8 Å². The molecule has 20 heavy (non-hydrogen) atoms. The predicted molar refractivity (Wildman–Crippen MR) is 75.6 cm³/mol. The molecule has 2 aliphatic heterocycles. The zero-order valence-corrected chi connectivity index (χ0v) is 12.3. The SMILES string of the molecule is CC(C)N(CC(=O)O)C(=O)NC1CCN2CCCCC12. The van der Waals surface area contributed by atoms with Gasteiger partial charge in [0.1, 0.15) is 6.54 Å². The number of hydrogen-bond donors (Lipinski definition) is 2. The molecule has 2 atom stereocenters. The highest BCUT2D eigenvalue weighted by molar-refractivity contribution is 5.80. The van der Waals surface area contributed by atoms with E-state index in [4.69, 9.17) is 5.11 Å². The predicted octanol–water partition coefficient (Wildman–Crippen LogP) is 1.12. The Morgan fingerprint density at radius 3 is 2.70 bits per heavy atom. The monoisotopic (exact) mass is 283 g/mol. The number of rotatable bonds is 4. The molecule has 2 amide bonds. The van der Waals surface area contributed by atoms with Gasteiger partial charge in [-0.3, -0.25) is 9.69 Å². The third-order valence-corrected chi connectivity index (χ3v) is 4.35. The van der Waals surface area contributed by atoms with Gasteiger partial charge in [-0.1, -0.05) is 6.42 Å². The van der Waals surface area contributed by atoms with Crippen LogP contribution >= 0.6 is 0 Å². The van der Waals surface area contributed by atoms with Crippen LogP contribution in [-0.2, 0) is 4.79 Å². The molecule has 2 rings (SSSR count). The topological polar surface area (TPSA) is 72.9 Å². The van der Waals surface area contributed by atoms with E-state index in [0.717, 1.165) is 25.9 Å². The zero-order chi connectivity index (χ0) is 14.7. The van der Waals surface area contributed by atoms with Crippen LogP contribution in [0.15, 0.2) is 0 Å². The van der Waals surface area contributed by atoms with Gasteiger partial charge in [0.05, 0.1) is 0 Å². The van der Waals surface area contributed by atoms with Crippen LogP contribution in [0.1, 0.15) is 39.5 Å². The van der Waals surface area contributed by atoms with Crippen molar-refractivity contribution in [1.29, 1.82) is 0 Å². The van der Waals surface area contributed by atoms with Crippen molar-refractivity contribution >= 4 is 12.0 Å². The van der Waals surface area contributed by atoms with Crippen molar-refractivity contribution in [2.45, 2.75) is 57.7 Å². The van der Waals surface area contributed by atoms with Crippen molar-refractivity contribution in [3.8, 4) is 0 Å². The van der Waals surface area contributed by atoms with Crippen LogP contribution in [0.3, 0.4) is 0 Å². The first-order valence-electron chi connectivity index (χ1n) is 7.52. The maximum Gasteiger partial charge on any atom is 0.323 e. The van der Waals surface area contributed by atoms with Crippen LogP contribution in [0, 0.1) is 0 Å². The number of carboxylic acid groups (broad SMARTS) is 1. The highest BCUT2D eigenvalue weighted by Crippen LogP contribution is 2.27. The van der Waals surface area contributed by atoms with Gasteiger partial charge in [0.2, 0.25) is 0 Å². The van der Waals surface area contributed by atoms with Crippen LogP contribution in [0.25, 0.3) is 0 Å². The minimum Gasteiger partial charge on any atom is -0.480 e. The summed E-state index contributed by atoms with van der Waals surface area (Å²) < 4.78 is 0. The van der Waals surface area contributed by atoms with Crippen LogP contribution in [0.2, 0.25) is 0 Å². The lowest BCUT2D eigenvalue weighted by Crippen LogP contribution is -2.53. The van der Waals surface area contributed by atoms with Gasteiger partial charge in [-0.25, -0.2) is 4.79 Å². The third-order valence-electron chi connectivity index (χ3n) is 4.35. The summed E-state index contributed by atoms with van der Waals surface area (Å²) in [6.07, 6.45) is 4.56. The Morgan fingerprint density at radius 1 is 1.30 bits per heavy atom. The Morgan fingerprint density at radius 2 is 2.05 bits per heavy atom. The first kappa shape index (κ1) is 15.1. The Balaban J connectivity index is 1.94. The molecule has 6 heteroatoms. The number of amides is 2. The number of nitrogens with one attached hydrogen (secondary N) is 1. The van der Waals surface area contributed by atoms with Gasteiger partial charge in [-0.2, -0.15) is 0 Å². The second-order valence-corrected chi connectivity index (χ2v) is 6.06.